The second-order valence-electron chi connectivity index (χ2n) is 5.00. The van der Waals surface area contributed by atoms with Gasteiger partial charge in [0.2, 0.25) is 11.8 Å². The first-order valence-corrected chi connectivity index (χ1v) is 6.64. The molecule has 6 heteroatoms. The Bertz CT molecular complexity index is 545. The molecule has 1 aromatic carbocycles. The Morgan fingerprint density at radius 3 is 2.79 bits per heavy atom. The van der Waals surface area contributed by atoms with E-state index < -0.39 is 11.4 Å². The van der Waals surface area contributed by atoms with Crippen molar-refractivity contribution >= 4 is 27.7 Å². The Balaban J connectivity index is 2.28. The molecule has 0 bridgehead atoms. The van der Waals surface area contributed by atoms with Gasteiger partial charge in [-0.1, -0.05) is 15.9 Å². The lowest BCUT2D eigenvalue weighted by Gasteiger charge is -2.36. The maximum atomic E-state index is 13.2. The number of piperazine rings is 1. The molecule has 0 atom stereocenters. The number of imide groups is 1. The Hall–Kier alpha value is -1.27. The van der Waals surface area contributed by atoms with E-state index in [0.29, 0.717) is 10.0 Å². The Labute approximate surface area is 119 Å². The van der Waals surface area contributed by atoms with Crippen molar-refractivity contribution in [3.63, 3.8) is 0 Å². The minimum absolute atomic E-state index is 0.0706. The summed E-state index contributed by atoms with van der Waals surface area (Å²) in [4.78, 5) is 25.2. The molecule has 1 aliphatic rings. The molecule has 0 aliphatic carbocycles. The van der Waals surface area contributed by atoms with Gasteiger partial charge in [-0.05, 0) is 37.6 Å². The molecule has 1 heterocycles. The van der Waals surface area contributed by atoms with E-state index in [9.17, 15) is 14.0 Å². The molecule has 1 aliphatic heterocycles. The van der Waals surface area contributed by atoms with Crippen molar-refractivity contribution in [3.8, 4) is 0 Å². The van der Waals surface area contributed by atoms with Crippen molar-refractivity contribution in [2.24, 2.45) is 0 Å². The van der Waals surface area contributed by atoms with Gasteiger partial charge in [0, 0.05) is 4.47 Å². The van der Waals surface area contributed by atoms with Crippen LogP contribution in [0.2, 0.25) is 0 Å². The fourth-order valence-electron chi connectivity index (χ4n) is 1.91. The summed E-state index contributed by atoms with van der Waals surface area (Å²) < 4.78 is 13.9. The number of nitrogens with zero attached hydrogens (tertiary/aromatic N) is 1. The van der Waals surface area contributed by atoms with Crippen molar-refractivity contribution in [2.45, 2.75) is 25.9 Å². The van der Waals surface area contributed by atoms with Crippen molar-refractivity contribution in [1.29, 1.82) is 0 Å². The summed E-state index contributed by atoms with van der Waals surface area (Å²) in [5.41, 5.74) is -0.215. The van der Waals surface area contributed by atoms with E-state index in [1.165, 1.54) is 12.1 Å². The molecule has 1 fully saturated rings. The predicted molar refractivity (Wildman–Crippen MR) is 71.7 cm³/mol. The third-order valence-corrected chi connectivity index (χ3v) is 3.87. The largest absolute Gasteiger partial charge is 0.295 e. The topological polar surface area (TPSA) is 49.4 Å². The molecule has 1 saturated heterocycles. The lowest BCUT2D eigenvalue weighted by Crippen LogP contribution is -2.63. The number of amides is 2. The quantitative estimate of drug-likeness (QED) is 0.842. The SMILES string of the molecule is CC1(C)NCC(=O)N(Cc2cc(F)ccc2Br)C1=O. The highest BCUT2D eigenvalue weighted by Crippen LogP contribution is 2.22. The normalized spacial score (nSPS) is 18.8. The highest BCUT2D eigenvalue weighted by atomic mass is 79.9. The van der Waals surface area contributed by atoms with Gasteiger partial charge in [-0.25, -0.2) is 4.39 Å². The van der Waals surface area contributed by atoms with Crippen molar-refractivity contribution < 1.29 is 14.0 Å². The third-order valence-electron chi connectivity index (χ3n) is 3.10. The van der Waals surface area contributed by atoms with Crippen LogP contribution in [-0.4, -0.2) is 28.8 Å². The van der Waals surface area contributed by atoms with Crippen molar-refractivity contribution in [1.82, 2.24) is 10.2 Å². The maximum absolute atomic E-state index is 13.2. The van der Waals surface area contributed by atoms with Crippen molar-refractivity contribution in [3.05, 3.63) is 34.1 Å². The first-order chi connectivity index (χ1) is 8.81. The summed E-state index contributed by atoms with van der Waals surface area (Å²) in [6.45, 7) is 3.61. The summed E-state index contributed by atoms with van der Waals surface area (Å²) in [6, 6.07) is 4.20. The lowest BCUT2D eigenvalue weighted by atomic mass is 10.00. The summed E-state index contributed by atoms with van der Waals surface area (Å²) in [7, 11) is 0. The molecule has 0 spiro atoms. The maximum Gasteiger partial charge on any atom is 0.249 e. The molecule has 0 saturated carbocycles. The van der Waals surface area contributed by atoms with Gasteiger partial charge in [0.05, 0.1) is 18.6 Å². The smallest absolute Gasteiger partial charge is 0.249 e. The standard InChI is InChI=1S/C13H14BrFN2O2/c1-13(2)12(19)17(11(18)6-16-13)7-8-5-9(15)3-4-10(8)14/h3-5,16H,6-7H2,1-2H3. The van der Waals surface area contributed by atoms with Crippen LogP contribution in [0.1, 0.15) is 19.4 Å². The van der Waals surface area contributed by atoms with Crippen LogP contribution in [0, 0.1) is 5.82 Å². The van der Waals surface area contributed by atoms with Gasteiger partial charge in [0.15, 0.2) is 0 Å². The number of rotatable bonds is 2. The Morgan fingerprint density at radius 1 is 1.42 bits per heavy atom. The minimum atomic E-state index is -0.784. The number of hydrogen-bond donors (Lipinski definition) is 1. The molecular weight excluding hydrogens is 315 g/mol. The second kappa shape index (κ2) is 5.02. The molecule has 1 N–H and O–H groups in total. The zero-order valence-corrected chi connectivity index (χ0v) is 12.3. The number of hydrogen-bond acceptors (Lipinski definition) is 3. The number of benzene rings is 1. The predicted octanol–water partition coefficient (Wildman–Crippen LogP) is 1.83. The van der Waals surface area contributed by atoms with Gasteiger partial charge in [0.1, 0.15) is 5.82 Å². The van der Waals surface area contributed by atoms with E-state index in [-0.39, 0.29) is 24.9 Å². The average molecular weight is 329 g/mol. The molecule has 0 radical (unpaired) electrons. The Morgan fingerprint density at radius 2 is 2.11 bits per heavy atom. The van der Waals surface area contributed by atoms with Crippen LogP contribution in [-0.2, 0) is 16.1 Å². The van der Waals surface area contributed by atoms with Gasteiger partial charge in [-0.15, -0.1) is 0 Å². The van der Waals surface area contributed by atoms with Gasteiger partial charge in [0.25, 0.3) is 0 Å². The molecule has 2 rings (SSSR count). The zero-order chi connectivity index (χ0) is 14.2. The van der Waals surface area contributed by atoms with Crippen LogP contribution < -0.4 is 5.32 Å². The first kappa shape index (κ1) is 14.1. The van der Waals surface area contributed by atoms with E-state index >= 15 is 0 Å². The van der Waals surface area contributed by atoms with E-state index in [1.54, 1.807) is 19.9 Å². The number of carbonyl (C=O) groups excluding carboxylic acids is 2. The minimum Gasteiger partial charge on any atom is -0.295 e. The molecule has 4 nitrogen and oxygen atoms in total. The number of halogens is 2. The number of carbonyl (C=O) groups is 2. The third kappa shape index (κ3) is 2.84. The highest BCUT2D eigenvalue weighted by Gasteiger charge is 2.39. The molecule has 1 aromatic rings. The van der Waals surface area contributed by atoms with Gasteiger partial charge >= 0.3 is 0 Å². The van der Waals surface area contributed by atoms with Gasteiger partial charge < -0.3 is 0 Å². The fourth-order valence-corrected chi connectivity index (χ4v) is 2.29. The van der Waals surface area contributed by atoms with Crippen LogP contribution in [0.5, 0.6) is 0 Å². The Kier molecular flexibility index (Phi) is 3.73. The van der Waals surface area contributed by atoms with Crippen LogP contribution >= 0.6 is 15.9 Å². The van der Waals surface area contributed by atoms with E-state index in [0.717, 1.165) is 4.90 Å². The van der Waals surface area contributed by atoms with Crippen LogP contribution in [0.4, 0.5) is 4.39 Å². The summed E-state index contributed by atoms with van der Waals surface area (Å²) in [5.74, 6) is -1.01. The molecule has 102 valence electrons. The number of nitrogens with one attached hydrogen (secondary N) is 1. The van der Waals surface area contributed by atoms with E-state index in [1.807, 2.05) is 0 Å². The fraction of sp³-hybridized carbons (Fsp3) is 0.385. The molecule has 0 unspecified atom stereocenters. The molecular formula is C13H14BrFN2O2. The molecule has 0 aromatic heterocycles. The van der Waals surface area contributed by atoms with Crippen molar-refractivity contribution in [2.75, 3.05) is 6.54 Å². The summed E-state index contributed by atoms with van der Waals surface area (Å²) >= 11 is 3.29. The van der Waals surface area contributed by atoms with Gasteiger partial charge in [-0.2, -0.15) is 0 Å². The molecule has 19 heavy (non-hydrogen) atoms. The van der Waals surface area contributed by atoms with Crippen LogP contribution in [0.3, 0.4) is 0 Å². The first-order valence-electron chi connectivity index (χ1n) is 5.85. The van der Waals surface area contributed by atoms with E-state index in [4.69, 9.17) is 0 Å². The van der Waals surface area contributed by atoms with Gasteiger partial charge in [-0.3, -0.25) is 19.8 Å². The highest BCUT2D eigenvalue weighted by molar-refractivity contribution is 9.10. The van der Waals surface area contributed by atoms with Crippen LogP contribution in [0.25, 0.3) is 0 Å². The lowest BCUT2D eigenvalue weighted by molar-refractivity contribution is -0.153. The molecule has 2 amide bonds. The van der Waals surface area contributed by atoms with E-state index in [2.05, 4.69) is 21.2 Å². The average Bonchev–Trinajstić information content (AvgIpc) is 2.34. The summed E-state index contributed by atoms with van der Waals surface area (Å²) in [6.07, 6.45) is 0. The zero-order valence-electron chi connectivity index (χ0n) is 10.7. The van der Waals surface area contributed by atoms with Crippen LogP contribution in [0.15, 0.2) is 22.7 Å². The summed E-state index contributed by atoms with van der Waals surface area (Å²) in [5, 5.41) is 2.87. The second-order valence-corrected chi connectivity index (χ2v) is 5.85. The monoisotopic (exact) mass is 328 g/mol.